The summed E-state index contributed by atoms with van der Waals surface area (Å²) in [6.45, 7) is 14.1. The summed E-state index contributed by atoms with van der Waals surface area (Å²) in [4.78, 5) is 49.4. The van der Waals surface area contributed by atoms with Gasteiger partial charge in [-0.3, -0.25) is 24.2 Å². The maximum absolute atomic E-state index is 12.3. The fourth-order valence-electron chi connectivity index (χ4n) is 3.23. The van der Waals surface area contributed by atoms with Gasteiger partial charge < -0.3 is 27.2 Å². The van der Waals surface area contributed by atoms with Crippen LogP contribution in [-0.2, 0) is 25.6 Å². The number of nitrogens with zero attached hydrogens (tertiary/aromatic N) is 1. The third-order valence-corrected chi connectivity index (χ3v) is 6.90. The number of benzene rings is 1. The second-order valence-corrected chi connectivity index (χ2v) is 10.4. The van der Waals surface area contributed by atoms with E-state index in [4.69, 9.17) is 28.2 Å². The zero-order valence-electron chi connectivity index (χ0n) is 25.7. The predicted octanol–water partition coefficient (Wildman–Crippen LogP) is 4.91. The number of aliphatic imine (C=N–C) groups is 1. The van der Waals surface area contributed by atoms with E-state index in [0.29, 0.717) is 42.3 Å². The molecular formula is C31H48ClN5O5S. The summed E-state index contributed by atoms with van der Waals surface area (Å²) in [6.07, 6.45) is 7.53. The van der Waals surface area contributed by atoms with Crippen LogP contribution in [0.3, 0.4) is 0 Å². The highest BCUT2D eigenvalue weighted by Gasteiger charge is 2.20. The molecule has 0 aromatic heterocycles. The molecule has 2 unspecified atom stereocenters. The van der Waals surface area contributed by atoms with Crippen LogP contribution in [0.4, 0.5) is 5.69 Å². The highest BCUT2D eigenvalue weighted by Crippen LogP contribution is 2.27. The lowest BCUT2D eigenvalue weighted by Crippen LogP contribution is -2.40. The summed E-state index contributed by atoms with van der Waals surface area (Å²) in [7, 11) is 1.72. The van der Waals surface area contributed by atoms with Gasteiger partial charge >= 0.3 is 0 Å². The van der Waals surface area contributed by atoms with Gasteiger partial charge in [-0.2, -0.15) is 0 Å². The molecule has 1 aromatic carbocycles. The van der Waals surface area contributed by atoms with E-state index >= 15 is 0 Å². The lowest BCUT2D eigenvalue weighted by Gasteiger charge is -2.17. The number of anilines is 1. The molecule has 0 fully saturated rings. The molecule has 1 rings (SSSR count). The van der Waals surface area contributed by atoms with Crippen LogP contribution in [0.25, 0.3) is 0 Å². The predicted molar refractivity (Wildman–Crippen MR) is 180 cm³/mol. The van der Waals surface area contributed by atoms with E-state index < -0.39 is 17.9 Å². The first-order chi connectivity index (χ1) is 20.5. The van der Waals surface area contributed by atoms with Crippen LogP contribution < -0.4 is 22.1 Å². The Morgan fingerprint density at radius 1 is 1.12 bits per heavy atom. The Kier molecular flexibility index (Phi) is 25.5. The highest BCUT2D eigenvalue weighted by molar-refractivity contribution is 8.15. The summed E-state index contributed by atoms with van der Waals surface area (Å²) in [6, 6.07) is 4.32. The minimum Gasteiger partial charge on any atom is -0.396 e. The van der Waals surface area contributed by atoms with Crippen LogP contribution >= 0.6 is 23.4 Å². The van der Waals surface area contributed by atoms with Gasteiger partial charge in [0.05, 0.1) is 16.3 Å². The Labute approximate surface area is 265 Å². The van der Waals surface area contributed by atoms with Crippen molar-refractivity contribution in [3.63, 3.8) is 0 Å². The van der Waals surface area contributed by atoms with Crippen LogP contribution in [-0.4, -0.2) is 54.5 Å². The van der Waals surface area contributed by atoms with Crippen molar-refractivity contribution in [2.75, 3.05) is 19.0 Å². The SMILES string of the molecule is C=C(/C=C\C(C)CCO)C(=C)SC=NC.CC.NC(=O)CCCCc1cccc(NC(=O)C(CCC(N)=O)NC=O)c1Cl. The number of carbonyl (C=O) groups excluding carboxylic acids is 4. The maximum Gasteiger partial charge on any atom is 0.246 e. The maximum atomic E-state index is 12.3. The number of hydrogen-bond donors (Lipinski definition) is 5. The monoisotopic (exact) mass is 637 g/mol. The fourth-order valence-corrected chi connectivity index (χ4v) is 3.95. The molecular weight excluding hydrogens is 590 g/mol. The number of thioether (sulfide) groups is 1. The van der Waals surface area contributed by atoms with E-state index in [-0.39, 0.29) is 25.4 Å². The van der Waals surface area contributed by atoms with Gasteiger partial charge in [0.2, 0.25) is 24.1 Å². The smallest absolute Gasteiger partial charge is 0.246 e. The molecule has 0 aliphatic heterocycles. The van der Waals surface area contributed by atoms with Crippen LogP contribution in [0.5, 0.6) is 0 Å². The van der Waals surface area contributed by atoms with E-state index in [1.807, 2.05) is 32.1 Å². The molecule has 12 heteroatoms. The van der Waals surface area contributed by atoms with E-state index in [1.54, 1.807) is 24.7 Å². The van der Waals surface area contributed by atoms with E-state index in [0.717, 1.165) is 28.9 Å². The van der Waals surface area contributed by atoms with Crippen LogP contribution in [0, 0.1) is 5.92 Å². The minimum absolute atomic E-state index is 0.0352. The molecule has 43 heavy (non-hydrogen) atoms. The van der Waals surface area contributed by atoms with Gasteiger partial charge in [-0.05, 0) is 55.2 Å². The molecule has 0 bridgehead atoms. The Morgan fingerprint density at radius 3 is 2.33 bits per heavy atom. The molecule has 1 aromatic rings. The van der Waals surface area contributed by atoms with Crippen molar-refractivity contribution in [3.8, 4) is 0 Å². The Hall–Kier alpha value is -3.41. The second kappa shape index (κ2) is 26.2. The summed E-state index contributed by atoms with van der Waals surface area (Å²) in [5, 5.41) is 14.1. The Bertz CT molecular complexity index is 1090. The number of primary amides is 2. The molecule has 0 radical (unpaired) electrons. The second-order valence-electron chi connectivity index (χ2n) is 9.06. The number of unbranched alkanes of at least 4 members (excludes halogenated alkanes) is 1. The largest absolute Gasteiger partial charge is 0.396 e. The molecule has 0 spiro atoms. The number of halogens is 1. The zero-order valence-corrected chi connectivity index (χ0v) is 27.3. The van der Waals surface area contributed by atoms with Crippen molar-refractivity contribution in [2.24, 2.45) is 22.4 Å². The van der Waals surface area contributed by atoms with Gasteiger partial charge in [-0.25, -0.2) is 0 Å². The van der Waals surface area contributed by atoms with E-state index in [9.17, 15) is 19.2 Å². The van der Waals surface area contributed by atoms with Gasteiger partial charge in [-0.1, -0.05) is 81.6 Å². The van der Waals surface area contributed by atoms with Crippen molar-refractivity contribution >= 4 is 58.7 Å². The minimum atomic E-state index is -0.893. The van der Waals surface area contributed by atoms with E-state index in [1.165, 1.54) is 11.8 Å². The molecule has 0 aliphatic carbocycles. The van der Waals surface area contributed by atoms with Crippen molar-refractivity contribution in [2.45, 2.75) is 71.8 Å². The summed E-state index contributed by atoms with van der Waals surface area (Å²) >= 11 is 7.80. The molecule has 240 valence electrons. The van der Waals surface area contributed by atoms with Crippen LogP contribution in [0.15, 0.2) is 59.0 Å². The number of carbonyl (C=O) groups is 4. The summed E-state index contributed by atoms with van der Waals surface area (Å²) in [5.74, 6) is -1.04. The first kappa shape index (κ1) is 41.7. The fraction of sp³-hybridized carbons (Fsp3) is 0.452. The summed E-state index contributed by atoms with van der Waals surface area (Å²) < 4.78 is 0. The molecule has 0 saturated heterocycles. The number of aryl methyl sites for hydroxylation is 1. The molecule has 7 N–H and O–H groups in total. The van der Waals surface area contributed by atoms with Gasteiger partial charge in [0.15, 0.2) is 0 Å². The zero-order chi connectivity index (χ0) is 33.2. The van der Waals surface area contributed by atoms with E-state index in [2.05, 4.69) is 35.7 Å². The third-order valence-electron chi connectivity index (χ3n) is 5.59. The molecule has 4 amide bonds. The number of allylic oxidation sites excluding steroid dienone is 3. The number of aliphatic hydroxyl groups is 1. The van der Waals surface area contributed by atoms with Gasteiger partial charge in [0.25, 0.3) is 0 Å². The number of amides is 4. The van der Waals surface area contributed by atoms with Crippen LogP contribution in [0.2, 0.25) is 5.02 Å². The lowest BCUT2D eigenvalue weighted by atomic mass is 10.1. The topological polar surface area (TPSA) is 177 Å². The molecule has 0 saturated carbocycles. The van der Waals surface area contributed by atoms with Gasteiger partial charge in [0.1, 0.15) is 6.04 Å². The number of nitrogens with two attached hydrogens (primary N) is 2. The third kappa shape index (κ3) is 21.0. The lowest BCUT2D eigenvalue weighted by molar-refractivity contribution is -0.122. The highest BCUT2D eigenvalue weighted by atomic mass is 35.5. The van der Waals surface area contributed by atoms with Crippen molar-refractivity contribution in [1.82, 2.24) is 5.32 Å². The van der Waals surface area contributed by atoms with Crippen LogP contribution in [0.1, 0.15) is 64.9 Å². The normalized spacial score (nSPS) is 11.8. The Balaban J connectivity index is 0. The number of rotatable bonds is 19. The average molecular weight is 638 g/mol. The standard InChI is InChI=1S/C17H23ClN4O4.C12H19NOS.C2H6/c18-16-11(4-1-2-7-14(19)24)5-3-6-12(16)22-17(26)13(21-10-23)8-9-15(20)25;1-10(7-8-14)5-6-11(2)12(3)15-9-13-4;1-2/h3,5-6,10,13H,1-2,4,7-9H2,(H2,19,24)(H2,20,25)(H,21,23)(H,22,26);5-6,9-10,14H,2-3,7-8H2,1,4H3;1-2H3/b;6-5-,13-9?;. The quantitative estimate of drug-likeness (QED) is 0.0473. The molecule has 0 aliphatic rings. The summed E-state index contributed by atoms with van der Waals surface area (Å²) in [5.41, 5.74) is 14.0. The van der Waals surface area contributed by atoms with Gasteiger partial charge in [-0.15, -0.1) is 0 Å². The number of aliphatic hydroxyl groups excluding tert-OH is 1. The molecule has 0 heterocycles. The molecule has 10 nitrogen and oxygen atoms in total. The Morgan fingerprint density at radius 2 is 1.77 bits per heavy atom. The molecule has 2 atom stereocenters. The van der Waals surface area contributed by atoms with Crippen molar-refractivity contribution in [1.29, 1.82) is 0 Å². The number of hydrogen-bond acceptors (Lipinski definition) is 7. The first-order valence-corrected chi connectivity index (χ1v) is 15.3. The van der Waals surface area contributed by atoms with Gasteiger partial charge in [0, 0.05) is 31.4 Å². The number of nitrogens with one attached hydrogen (secondary N) is 2. The van der Waals surface area contributed by atoms with Crippen molar-refractivity contribution < 1.29 is 24.3 Å². The first-order valence-electron chi connectivity index (χ1n) is 14.1. The average Bonchev–Trinajstić information content (AvgIpc) is 2.97. The van der Waals surface area contributed by atoms with Crippen molar-refractivity contribution in [3.05, 3.63) is 64.6 Å².